The van der Waals surface area contributed by atoms with Crippen LogP contribution >= 0.6 is 11.3 Å². The minimum absolute atomic E-state index is 0.0266. The van der Waals surface area contributed by atoms with E-state index in [4.69, 9.17) is 0 Å². The lowest BCUT2D eigenvalue weighted by Crippen LogP contribution is -2.33. The summed E-state index contributed by atoms with van der Waals surface area (Å²) in [4.78, 5) is 15.8. The van der Waals surface area contributed by atoms with Crippen molar-refractivity contribution in [1.29, 1.82) is 0 Å². The lowest BCUT2D eigenvalue weighted by Gasteiger charge is -2.13. The van der Waals surface area contributed by atoms with Crippen LogP contribution in [0.5, 0.6) is 0 Å². The van der Waals surface area contributed by atoms with Gasteiger partial charge in [0, 0.05) is 23.8 Å². The largest absolute Gasteiger partial charge is 0.355 e. The summed E-state index contributed by atoms with van der Waals surface area (Å²) in [6.07, 6.45) is 0.794. The average Bonchev–Trinajstić information content (AvgIpc) is 2.66. The Morgan fingerprint density at radius 1 is 1.47 bits per heavy atom. The highest BCUT2D eigenvalue weighted by Crippen LogP contribution is 2.25. The van der Waals surface area contributed by atoms with Gasteiger partial charge in [-0.2, -0.15) is 0 Å². The highest BCUT2D eigenvalue weighted by Gasteiger charge is 2.17. The summed E-state index contributed by atoms with van der Waals surface area (Å²) in [5.41, 5.74) is 1.17. The number of amides is 1. The number of thiazole rings is 1. The second kappa shape index (κ2) is 6.12. The van der Waals surface area contributed by atoms with Gasteiger partial charge in [-0.15, -0.1) is 11.3 Å². The predicted octanol–water partition coefficient (Wildman–Crippen LogP) is 1.32. The number of likely N-dealkylation sites (N-methyl/N-ethyl adjacent to an activating group) is 1. The number of nitrogens with zero attached hydrogens (tertiary/aromatic N) is 1. The van der Waals surface area contributed by atoms with Crippen LogP contribution < -0.4 is 10.6 Å². The molecule has 0 aliphatic carbocycles. The number of hydrogen-bond acceptors (Lipinski definition) is 4. The molecule has 0 atom stereocenters. The first-order valence-electron chi connectivity index (χ1n) is 5.79. The van der Waals surface area contributed by atoms with Gasteiger partial charge < -0.3 is 10.6 Å². The summed E-state index contributed by atoms with van der Waals surface area (Å²) >= 11 is 1.69. The fourth-order valence-corrected chi connectivity index (χ4v) is 2.26. The van der Waals surface area contributed by atoms with Gasteiger partial charge in [0.25, 0.3) is 0 Å². The highest BCUT2D eigenvalue weighted by molar-refractivity contribution is 7.09. The number of rotatable bonds is 5. The standard InChI is InChI=1S/C12H21N3OS/c1-12(2,3)11-15-9(8-17-11)5-6-14-10(16)7-13-4/h8,13H,5-7H2,1-4H3,(H,14,16). The molecule has 1 aromatic rings. The Hall–Kier alpha value is -0.940. The molecule has 0 saturated carbocycles. The summed E-state index contributed by atoms with van der Waals surface area (Å²) in [5.74, 6) is 0.0266. The minimum atomic E-state index is 0.0266. The van der Waals surface area contributed by atoms with E-state index in [0.29, 0.717) is 13.1 Å². The van der Waals surface area contributed by atoms with Crippen LogP contribution in [0.4, 0.5) is 0 Å². The first-order chi connectivity index (χ1) is 7.93. The van der Waals surface area contributed by atoms with Crippen molar-refractivity contribution in [2.45, 2.75) is 32.6 Å². The number of aromatic nitrogens is 1. The van der Waals surface area contributed by atoms with Gasteiger partial charge >= 0.3 is 0 Å². The van der Waals surface area contributed by atoms with Crippen molar-refractivity contribution in [2.75, 3.05) is 20.1 Å². The van der Waals surface area contributed by atoms with Crippen LogP contribution in [-0.4, -0.2) is 31.0 Å². The van der Waals surface area contributed by atoms with E-state index in [1.165, 1.54) is 0 Å². The topological polar surface area (TPSA) is 54.0 Å². The van der Waals surface area contributed by atoms with Crippen molar-refractivity contribution in [1.82, 2.24) is 15.6 Å². The van der Waals surface area contributed by atoms with Crippen LogP contribution in [0.1, 0.15) is 31.5 Å². The Labute approximate surface area is 107 Å². The lowest BCUT2D eigenvalue weighted by atomic mass is 9.98. The fraction of sp³-hybridized carbons (Fsp3) is 0.667. The van der Waals surface area contributed by atoms with Gasteiger partial charge in [-0.05, 0) is 7.05 Å². The fourth-order valence-electron chi connectivity index (χ4n) is 1.32. The zero-order chi connectivity index (χ0) is 12.9. The second-order valence-electron chi connectivity index (χ2n) is 5.02. The number of carbonyl (C=O) groups excluding carboxylic acids is 1. The van der Waals surface area contributed by atoms with E-state index in [2.05, 4.69) is 41.8 Å². The van der Waals surface area contributed by atoms with E-state index in [1.54, 1.807) is 18.4 Å². The van der Waals surface area contributed by atoms with Crippen LogP contribution in [0.2, 0.25) is 0 Å². The molecule has 1 rings (SSSR count). The van der Waals surface area contributed by atoms with Crippen molar-refractivity contribution < 1.29 is 4.79 Å². The van der Waals surface area contributed by atoms with Gasteiger partial charge in [0.15, 0.2) is 0 Å². The predicted molar refractivity (Wildman–Crippen MR) is 71.5 cm³/mol. The molecule has 0 spiro atoms. The van der Waals surface area contributed by atoms with Crippen LogP contribution in [0.25, 0.3) is 0 Å². The first-order valence-corrected chi connectivity index (χ1v) is 6.67. The average molecular weight is 255 g/mol. The van der Waals surface area contributed by atoms with E-state index in [-0.39, 0.29) is 11.3 Å². The molecule has 0 unspecified atom stereocenters. The molecule has 0 radical (unpaired) electrons. The van der Waals surface area contributed by atoms with Gasteiger partial charge in [0.05, 0.1) is 17.2 Å². The molecular formula is C12H21N3OS. The quantitative estimate of drug-likeness (QED) is 0.834. The van der Waals surface area contributed by atoms with Crippen LogP contribution in [0.15, 0.2) is 5.38 Å². The molecule has 0 fully saturated rings. The maximum absolute atomic E-state index is 11.2. The molecule has 0 aliphatic heterocycles. The van der Waals surface area contributed by atoms with Crippen LogP contribution in [0, 0.1) is 0 Å². The molecule has 1 heterocycles. The molecule has 0 saturated heterocycles. The molecule has 2 N–H and O–H groups in total. The Morgan fingerprint density at radius 3 is 2.71 bits per heavy atom. The number of carbonyl (C=O) groups is 1. The van der Waals surface area contributed by atoms with E-state index >= 15 is 0 Å². The van der Waals surface area contributed by atoms with E-state index in [0.717, 1.165) is 17.1 Å². The third-order valence-electron chi connectivity index (χ3n) is 2.23. The molecule has 1 amide bonds. The smallest absolute Gasteiger partial charge is 0.233 e. The van der Waals surface area contributed by atoms with Gasteiger partial charge in [-0.3, -0.25) is 4.79 Å². The van der Waals surface area contributed by atoms with Gasteiger partial charge in [-0.25, -0.2) is 4.98 Å². The molecule has 0 bridgehead atoms. The third-order valence-corrected chi connectivity index (χ3v) is 3.55. The summed E-state index contributed by atoms with van der Waals surface area (Å²) in [7, 11) is 1.76. The second-order valence-corrected chi connectivity index (χ2v) is 5.88. The zero-order valence-corrected chi connectivity index (χ0v) is 11.8. The van der Waals surface area contributed by atoms with Crippen molar-refractivity contribution in [3.8, 4) is 0 Å². The first kappa shape index (κ1) is 14.1. The Kier molecular flexibility index (Phi) is 5.08. The number of nitrogens with one attached hydrogen (secondary N) is 2. The van der Waals surface area contributed by atoms with Crippen molar-refractivity contribution in [3.05, 3.63) is 16.1 Å². The zero-order valence-electron chi connectivity index (χ0n) is 11.0. The Balaban J connectivity index is 2.38. The molecular weight excluding hydrogens is 234 g/mol. The summed E-state index contributed by atoms with van der Waals surface area (Å²) in [6, 6.07) is 0. The van der Waals surface area contributed by atoms with Gasteiger partial charge in [0.2, 0.25) is 5.91 Å². The van der Waals surface area contributed by atoms with Gasteiger partial charge in [0.1, 0.15) is 0 Å². The molecule has 0 aromatic carbocycles. The van der Waals surface area contributed by atoms with Crippen molar-refractivity contribution in [2.24, 2.45) is 0 Å². The molecule has 17 heavy (non-hydrogen) atoms. The minimum Gasteiger partial charge on any atom is -0.355 e. The van der Waals surface area contributed by atoms with E-state index < -0.39 is 0 Å². The molecule has 5 heteroatoms. The van der Waals surface area contributed by atoms with Gasteiger partial charge in [-0.1, -0.05) is 20.8 Å². The third kappa shape index (κ3) is 4.83. The maximum atomic E-state index is 11.2. The summed E-state index contributed by atoms with van der Waals surface area (Å²) in [5, 5.41) is 8.88. The molecule has 4 nitrogen and oxygen atoms in total. The normalized spacial score (nSPS) is 11.5. The van der Waals surface area contributed by atoms with Crippen LogP contribution in [0.3, 0.4) is 0 Å². The molecule has 96 valence electrons. The van der Waals surface area contributed by atoms with Crippen molar-refractivity contribution in [3.63, 3.8) is 0 Å². The summed E-state index contributed by atoms with van der Waals surface area (Å²) in [6.45, 7) is 7.48. The van der Waals surface area contributed by atoms with E-state index in [9.17, 15) is 4.79 Å². The molecule has 0 aliphatic rings. The summed E-state index contributed by atoms with van der Waals surface area (Å²) < 4.78 is 0. The SMILES string of the molecule is CNCC(=O)NCCc1csc(C(C)(C)C)n1. The Bertz CT molecular complexity index is 368. The molecule has 1 aromatic heterocycles. The van der Waals surface area contributed by atoms with Crippen LogP contribution in [-0.2, 0) is 16.6 Å². The maximum Gasteiger partial charge on any atom is 0.233 e. The van der Waals surface area contributed by atoms with Crippen molar-refractivity contribution >= 4 is 17.2 Å². The highest BCUT2D eigenvalue weighted by atomic mass is 32.1. The number of hydrogen-bond donors (Lipinski definition) is 2. The van der Waals surface area contributed by atoms with E-state index in [1.807, 2.05) is 0 Å². The Morgan fingerprint density at radius 2 is 2.18 bits per heavy atom. The monoisotopic (exact) mass is 255 g/mol. The lowest BCUT2D eigenvalue weighted by molar-refractivity contribution is -0.120.